The molecule has 0 fully saturated rings. The Bertz CT molecular complexity index is 1170. The highest BCUT2D eigenvalue weighted by molar-refractivity contribution is 7.89. The van der Waals surface area contributed by atoms with Crippen molar-refractivity contribution in [3.63, 3.8) is 0 Å². The Kier molecular flexibility index (Phi) is 8.31. The van der Waals surface area contributed by atoms with E-state index in [0.29, 0.717) is 5.69 Å². The average molecular weight is 477 g/mol. The van der Waals surface area contributed by atoms with Gasteiger partial charge >= 0.3 is 0 Å². The van der Waals surface area contributed by atoms with Crippen LogP contribution in [0.3, 0.4) is 0 Å². The van der Waals surface area contributed by atoms with Gasteiger partial charge in [-0.3, -0.25) is 4.79 Å². The van der Waals surface area contributed by atoms with Gasteiger partial charge in [-0.15, -0.1) is 0 Å². The van der Waals surface area contributed by atoms with E-state index in [-0.39, 0.29) is 28.8 Å². The van der Waals surface area contributed by atoms with Crippen LogP contribution in [0.2, 0.25) is 5.02 Å². The molecule has 3 aromatic rings. The summed E-state index contributed by atoms with van der Waals surface area (Å²) in [5.74, 6) is -0.271. The molecule has 1 heterocycles. The smallest absolute Gasteiger partial charge is 0.242 e. The Labute approximate surface area is 194 Å². The van der Waals surface area contributed by atoms with Gasteiger partial charge in [0, 0.05) is 48.8 Å². The number of nitrogens with one attached hydrogen (secondary N) is 2. The fourth-order valence-electron chi connectivity index (χ4n) is 3.52. The van der Waals surface area contributed by atoms with Crippen molar-refractivity contribution in [1.29, 1.82) is 0 Å². The van der Waals surface area contributed by atoms with E-state index >= 15 is 0 Å². The number of hydrogen-bond donors (Lipinski definition) is 2. The summed E-state index contributed by atoms with van der Waals surface area (Å²) in [6.07, 6.45) is 2.07. The van der Waals surface area contributed by atoms with E-state index in [2.05, 4.69) is 39.6 Å². The van der Waals surface area contributed by atoms with E-state index in [0.717, 1.165) is 37.1 Å². The first kappa shape index (κ1) is 24.3. The number of carbonyl (C=O) groups is 1. The van der Waals surface area contributed by atoms with Gasteiger partial charge in [-0.2, -0.15) is 0 Å². The van der Waals surface area contributed by atoms with Gasteiger partial charge in [-0.05, 0) is 49.5 Å². The van der Waals surface area contributed by atoms with Gasteiger partial charge in [0.05, 0.1) is 5.02 Å². The molecular weight excluding hydrogens is 448 g/mol. The molecule has 0 saturated carbocycles. The predicted molar refractivity (Wildman–Crippen MR) is 130 cm³/mol. The number of likely N-dealkylation sites (N-methyl/N-ethyl adjacent to an activating group) is 1. The maximum absolute atomic E-state index is 12.3. The number of amides is 1. The lowest BCUT2D eigenvalue weighted by Gasteiger charge is -2.18. The number of aromatic nitrogens is 1. The van der Waals surface area contributed by atoms with Gasteiger partial charge in [-0.1, -0.05) is 37.6 Å². The molecule has 2 N–H and O–H groups in total. The van der Waals surface area contributed by atoms with Crippen LogP contribution < -0.4 is 10.0 Å². The minimum absolute atomic E-state index is 0.00182. The Hall–Kier alpha value is -2.39. The summed E-state index contributed by atoms with van der Waals surface area (Å²) in [4.78, 5) is 14.7. The highest BCUT2D eigenvalue weighted by Crippen LogP contribution is 2.22. The zero-order valence-corrected chi connectivity index (χ0v) is 19.9. The van der Waals surface area contributed by atoms with Crippen molar-refractivity contribution in [2.45, 2.75) is 31.7 Å². The van der Waals surface area contributed by atoms with Crippen molar-refractivity contribution in [2.75, 3.05) is 31.5 Å². The second-order valence-corrected chi connectivity index (χ2v) is 9.58. The maximum atomic E-state index is 12.3. The molecule has 0 aliphatic carbocycles. The number of nitrogens with zero attached hydrogens (tertiary/aromatic N) is 2. The normalized spacial score (nSPS) is 11.9. The quantitative estimate of drug-likeness (QED) is 0.439. The molecule has 0 bridgehead atoms. The molecule has 0 atom stereocenters. The summed E-state index contributed by atoms with van der Waals surface area (Å²) in [5, 5.41) is 4.02. The lowest BCUT2D eigenvalue weighted by Crippen LogP contribution is -2.28. The molecule has 0 spiro atoms. The van der Waals surface area contributed by atoms with Gasteiger partial charge in [0.15, 0.2) is 0 Å². The molecule has 9 heteroatoms. The highest BCUT2D eigenvalue weighted by atomic mass is 35.5. The summed E-state index contributed by atoms with van der Waals surface area (Å²) < 4.78 is 29.3. The Morgan fingerprint density at radius 1 is 1.09 bits per heavy atom. The number of benzene rings is 2. The number of fused-ring (bicyclic) bond motifs is 1. The molecule has 0 saturated heterocycles. The van der Waals surface area contributed by atoms with Crippen LogP contribution in [-0.4, -0.2) is 50.0 Å². The molecule has 0 aliphatic heterocycles. The largest absolute Gasteiger partial charge is 0.346 e. The minimum Gasteiger partial charge on any atom is -0.346 e. The number of sulfonamides is 1. The van der Waals surface area contributed by atoms with E-state index < -0.39 is 10.0 Å². The van der Waals surface area contributed by atoms with Crippen LogP contribution in [0.15, 0.2) is 59.6 Å². The summed E-state index contributed by atoms with van der Waals surface area (Å²) in [6, 6.07) is 14.0. The lowest BCUT2D eigenvalue weighted by molar-refractivity contribution is -0.116. The first-order chi connectivity index (χ1) is 15.3. The van der Waals surface area contributed by atoms with Crippen molar-refractivity contribution < 1.29 is 13.2 Å². The van der Waals surface area contributed by atoms with Crippen LogP contribution in [-0.2, 0) is 21.4 Å². The molecule has 1 aromatic heterocycles. The summed E-state index contributed by atoms with van der Waals surface area (Å²) in [7, 11) is -3.77. The number of hydrogen-bond acceptors (Lipinski definition) is 4. The van der Waals surface area contributed by atoms with Gasteiger partial charge < -0.3 is 14.8 Å². The van der Waals surface area contributed by atoms with Crippen LogP contribution in [0.5, 0.6) is 0 Å². The number of rotatable bonds is 11. The van der Waals surface area contributed by atoms with Crippen LogP contribution in [0.4, 0.5) is 5.69 Å². The minimum atomic E-state index is -3.77. The first-order valence-corrected chi connectivity index (χ1v) is 12.6. The number of carbonyl (C=O) groups excluding carboxylic acids is 1. The average Bonchev–Trinajstić information content (AvgIpc) is 3.16. The van der Waals surface area contributed by atoms with Crippen molar-refractivity contribution in [2.24, 2.45) is 0 Å². The molecule has 0 unspecified atom stereocenters. The topological polar surface area (TPSA) is 83.4 Å². The molecule has 0 aliphatic rings. The second-order valence-electron chi connectivity index (χ2n) is 7.44. The second kappa shape index (κ2) is 11.0. The van der Waals surface area contributed by atoms with Crippen molar-refractivity contribution in [3.8, 4) is 0 Å². The third kappa shape index (κ3) is 6.10. The fraction of sp³-hybridized carbons (Fsp3) is 0.348. The fourth-order valence-corrected chi connectivity index (χ4v) is 5.07. The van der Waals surface area contributed by atoms with Crippen LogP contribution in [0.1, 0.15) is 20.3 Å². The van der Waals surface area contributed by atoms with Crippen molar-refractivity contribution >= 4 is 44.1 Å². The first-order valence-electron chi connectivity index (χ1n) is 10.7. The molecule has 2 aromatic carbocycles. The van der Waals surface area contributed by atoms with Gasteiger partial charge in [0.2, 0.25) is 15.9 Å². The zero-order chi connectivity index (χ0) is 23.1. The summed E-state index contributed by atoms with van der Waals surface area (Å²) in [6.45, 7) is 8.24. The Morgan fingerprint density at radius 2 is 1.84 bits per heavy atom. The van der Waals surface area contributed by atoms with Gasteiger partial charge in [0.25, 0.3) is 0 Å². The summed E-state index contributed by atoms with van der Waals surface area (Å²) >= 11 is 5.95. The molecule has 32 heavy (non-hydrogen) atoms. The van der Waals surface area contributed by atoms with Gasteiger partial charge in [-0.25, -0.2) is 13.1 Å². The lowest BCUT2D eigenvalue weighted by atomic mass is 10.2. The molecule has 172 valence electrons. The van der Waals surface area contributed by atoms with E-state index in [1.54, 1.807) is 12.1 Å². The molecular formula is C23H29ClN4O3S. The van der Waals surface area contributed by atoms with E-state index in [4.69, 9.17) is 11.6 Å². The van der Waals surface area contributed by atoms with Crippen LogP contribution in [0.25, 0.3) is 10.9 Å². The van der Waals surface area contributed by atoms with E-state index in [9.17, 15) is 13.2 Å². The molecule has 3 rings (SSSR count). The number of anilines is 1. The maximum Gasteiger partial charge on any atom is 0.242 e. The SMILES string of the molecule is CCN(CC)CCn1ccc2cc(NC(=O)CCNS(=O)(=O)c3ccccc3Cl)ccc21. The monoisotopic (exact) mass is 476 g/mol. The zero-order valence-electron chi connectivity index (χ0n) is 18.3. The molecule has 1 amide bonds. The predicted octanol–water partition coefficient (Wildman–Crippen LogP) is 3.94. The third-order valence-electron chi connectivity index (χ3n) is 5.38. The van der Waals surface area contributed by atoms with Crippen molar-refractivity contribution in [3.05, 3.63) is 59.8 Å². The third-order valence-corrected chi connectivity index (χ3v) is 7.34. The molecule has 7 nitrogen and oxygen atoms in total. The van der Waals surface area contributed by atoms with Crippen LogP contribution >= 0.6 is 11.6 Å². The van der Waals surface area contributed by atoms with Crippen molar-refractivity contribution in [1.82, 2.24) is 14.2 Å². The summed E-state index contributed by atoms with van der Waals surface area (Å²) in [5.41, 5.74) is 1.79. The van der Waals surface area contributed by atoms with E-state index in [1.165, 1.54) is 12.1 Å². The Morgan fingerprint density at radius 3 is 2.56 bits per heavy atom. The number of halogens is 1. The van der Waals surface area contributed by atoms with E-state index in [1.807, 2.05) is 24.3 Å². The molecule has 0 radical (unpaired) electrons. The van der Waals surface area contributed by atoms with Crippen LogP contribution in [0, 0.1) is 0 Å². The highest BCUT2D eigenvalue weighted by Gasteiger charge is 2.17. The standard InChI is InChI=1S/C23H29ClN4O3S/c1-3-27(4-2)15-16-28-14-12-18-17-19(9-10-21(18)28)26-23(29)11-13-25-32(30,31)22-8-6-5-7-20(22)24/h5-10,12,14,17,25H,3-4,11,13,15-16H2,1-2H3,(H,26,29). The Balaban J connectivity index is 1.55. The van der Waals surface area contributed by atoms with Gasteiger partial charge in [0.1, 0.15) is 4.90 Å².